The molecule has 18 heavy (non-hydrogen) atoms. The highest BCUT2D eigenvalue weighted by atomic mass is 16.5. The third-order valence-electron chi connectivity index (χ3n) is 3.36. The second-order valence-electron chi connectivity index (χ2n) is 4.75. The highest BCUT2D eigenvalue weighted by Gasteiger charge is 2.21. The summed E-state index contributed by atoms with van der Waals surface area (Å²) in [5.41, 5.74) is 0. The van der Waals surface area contributed by atoms with Gasteiger partial charge in [0.05, 0.1) is 0 Å². The van der Waals surface area contributed by atoms with Crippen LogP contribution in [0.5, 0.6) is 0 Å². The van der Waals surface area contributed by atoms with Gasteiger partial charge in [-0.15, -0.1) is 0 Å². The SMILES string of the molecule is CCCN1CCN(CCC(OCC)C(=O)O)CC1. The molecule has 1 fully saturated rings. The van der Waals surface area contributed by atoms with Gasteiger partial charge in [-0.1, -0.05) is 6.92 Å². The van der Waals surface area contributed by atoms with Gasteiger partial charge in [0.25, 0.3) is 0 Å². The van der Waals surface area contributed by atoms with E-state index in [-0.39, 0.29) is 0 Å². The lowest BCUT2D eigenvalue weighted by Gasteiger charge is -2.34. The van der Waals surface area contributed by atoms with Gasteiger partial charge in [-0.2, -0.15) is 0 Å². The van der Waals surface area contributed by atoms with Crippen molar-refractivity contribution in [2.24, 2.45) is 0 Å². The first kappa shape index (κ1) is 15.4. The average Bonchev–Trinajstić information content (AvgIpc) is 2.36. The lowest BCUT2D eigenvalue weighted by molar-refractivity contribution is -0.150. The molecule has 1 atom stereocenters. The normalized spacial score (nSPS) is 19.9. The third kappa shape index (κ3) is 5.33. The molecule has 0 spiro atoms. The number of rotatable bonds is 8. The van der Waals surface area contributed by atoms with Gasteiger partial charge in [0.2, 0.25) is 0 Å². The number of ether oxygens (including phenoxy) is 1. The summed E-state index contributed by atoms with van der Waals surface area (Å²) >= 11 is 0. The van der Waals surface area contributed by atoms with Gasteiger partial charge < -0.3 is 19.6 Å². The zero-order chi connectivity index (χ0) is 13.4. The molecule has 0 aromatic rings. The van der Waals surface area contributed by atoms with Crippen LogP contribution in [-0.2, 0) is 9.53 Å². The van der Waals surface area contributed by atoms with E-state index < -0.39 is 12.1 Å². The molecule has 0 aromatic carbocycles. The van der Waals surface area contributed by atoms with Crippen LogP contribution in [0, 0.1) is 0 Å². The quantitative estimate of drug-likeness (QED) is 0.701. The van der Waals surface area contributed by atoms with Crippen molar-refractivity contribution in [1.82, 2.24) is 9.80 Å². The largest absolute Gasteiger partial charge is 0.479 e. The Hall–Kier alpha value is -0.650. The number of carboxylic acids is 1. The van der Waals surface area contributed by atoms with Gasteiger partial charge in [-0.05, 0) is 26.3 Å². The van der Waals surface area contributed by atoms with E-state index in [0.717, 1.165) is 32.7 Å². The molecule has 106 valence electrons. The van der Waals surface area contributed by atoms with Crippen LogP contribution < -0.4 is 0 Å². The first-order valence-electron chi connectivity index (χ1n) is 6.96. The van der Waals surface area contributed by atoms with E-state index in [4.69, 9.17) is 9.84 Å². The van der Waals surface area contributed by atoms with E-state index in [2.05, 4.69) is 16.7 Å². The molecule has 1 unspecified atom stereocenters. The molecule has 1 aliphatic heterocycles. The molecule has 1 rings (SSSR count). The molecule has 5 nitrogen and oxygen atoms in total. The van der Waals surface area contributed by atoms with Crippen molar-refractivity contribution >= 4 is 5.97 Å². The summed E-state index contributed by atoms with van der Waals surface area (Å²) in [5.74, 6) is -0.846. The van der Waals surface area contributed by atoms with Crippen LogP contribution in [0.15, 0.2) is 0 Å². The zero-order valence-corrected chi connectivity index (χ0v) is 11.6. The molecular weight excluding hydrogens is 232 g/mol. The third-order valence-corrected chi connectivity index (χ3v) is 3.36. The van der Waals surface area contributed by atoms with Crippen LogP contribution in [0.3, 0.4) is 0 Å². The van der Waals surface area contributed by atoms with Crippen LogP contribution in [0.2, 0.25) is 0 Å². The fourth-order valence-electron chi connectivity index (χ4n) is 2.33. The summed E-state index contributed by atoms with van der Waals surface area (Å²) in [5, 5.41) is 8.99. The predicted octanol–water partition coefficient (Wildman–Crippen LogP) is 0.894. The van der Waals surface area contributed by atoms with Crippen molar-refractivity contribution in [2.75, 3.05) is 45.9 Å². The van der Waals surface area contributed by atoms with E-state index in [9.17, 15) is 4.79 Å². The highest BCUT2D eigenvalue weighted by Crippen LogP contribution is 2.06. The van der Waals surface area contributed by atoms with Gasteiger partial charge in [0, 0.05) is 39.3 Å². The fraction of sp³-hybridized carbons (Fsp3) is 0.923. The average molecular weight is 258 g/mol. The number of carboxylic acid groups (broad SMARTS) is 1. The van der Waals surface area contributed by atoms with E-state index in [1.807, 2.05) is 6.92 Å². The first-order valence-corrected chi connectivity index (χ1v) is 6.96. The first-order chi connectivity index (χ1) is 8.67. The second-order valence-corrected chi connectivity index (χ2v) is 4.75. The number of nitrogens with zero attached hydrogens (tertiary/aromatic N) is 2. The Balaban J connectivity index is 2.21. The van der Waals surface area contributed by atoms with Crippen molar-refractivity contribution in [3.8, 4) is 0 Å². The van der Waals surface area contributed by atoms with E-state index in [1.54, 1.807) is 0 Å². The summed E-state index contributed by atoms with van der Waals surface area (Å²) in [6.07, 6.45) is 1.13. The number of hydrogen-bond acceptors (Lipinski definition) is 4. The van der Waals surface area contributed by atoms with Crippen molar-refractivity contribution < 1.29 is 14.6 Å². The maximum Gasteiger partial charge on any atom is 0.332 e. The summed E-state index contributed by atoms with van der Waals surface area (Å²) in [6, 6.07) is 0. The van der Waals surface area contributed by atoms with Crippen LogP contribution in [-0.4, -0.2) is 72.9 Å². The lowest BCUT2D eigenvalue weighted by atomic mass is 10.2. The fourth-order valence-corrected chi connectivity index (χ4v) is 2.33. The van der Waals surface area contributed by atoms with Gasteiger partial charge in [0.1, 0.15) is 0 Å². The highest BCUT2D eigenvalue weighted by molar-refractivity contribution is 5.72. The zero-order valence-electron chi connectivity index (χ0n) is 11.6. The number of hydrogen-bond donors (Lipinski definition) is 1. The summed E-state index contributed by atoms with van der Waals surface area (Å²) in [7, 11) is 0. The molecule has 1 heterocycles. The molecule has 0 saturated carbocycles. The molecule has 1 N–H and O–H groups in total. The lowest BCUT2D eigenvalue weighted by Crippen LogP contribution is -2.47. The minimum absolute atomic E-state index is 0.460. The predicted molar refractivity (Wildman–Crippen MR) is 70.8 cm³/mol. The van der Waals surface area contributed by atoms with Crippen LogP contribution in [0.1, 0.15) is 26.7 Å². The molecular formula is C13H26N2O3. The minimum atomic E-state index is -0.846. The molecule has 1 saturated heterocycles. The van der Waals surface area contributed by atoms with E-state index in [0.29, 0.717) is 13.0 Å². The van der Waals surface area contributed by atoms with Gasteiger partial charge in [-0.25, -0.2) is 4.79 Å². The Kier molecular flexibility index (Phi) is 7.23. The minimum Gasteiger partial charge on any atom is -0.479 e. The maximum atomic E-state index is 10.9. The standard InChI is InChI=1S/C13H26N2O3/c1-3-6-14-8-10-15(11-9-14)7-5-12(13(16)17)18-4-2/h12H,3-11H2,1-2H3,(H,16,17). The Morgan fingerprint density at radius 1 is 1.17 bits per heavy atom. The smallest absolute Gasteiger partial charge is 0.332 e. The van der Waals surface area contributed by atoms with Crippen molar-refractivity contribution in [1.29, 1.82) is 0 Å². The molecule has 0 bridgehead atoms. The molecule has 1 aliphatic rings. The monoisotopic (exact) mass is 258 g/mol. The van der Waals surface area contributed by atoms with Crippen LogP contribution in [0.4, 0.5) is 0 Å². The summed E-state index contributed by atoms with van der Waals surface area (Å²) in [4.78, 5) is 15.7. The topological polar surface area (TPSA) is 53.0 Å². The molecule has 0 amide bonds. The van der Waals surface area contributed by atoms with Gasteiger partial charge in [-0.3, -0.25) is 0 Å². The number of aliphatic carboxylic acids is 1. The summed E-state index contributed by atoms with van der Waals surface area (Å²) < 4.78 is 5.22. The number of piperazine rings is 1. The van der Waals surface area contributed by atoms with Crippen molar-refractivity contribution in [3.05, 3.63) is 0 Å². The summed E-state index contributed by atoms with van der Waals surface area (Å²) in [6.45, 7) is 10.8. The van der Waals surface area contributed by atoms with E-state index >= 15 is 0 Å². The number of carbonyl (C=O) groups is 1. The van der Waals surface area contributed by atoms with Crippen molar-refractivity contribution in [2.45, 2.75) is 32.8 Å². The molecule has 5 heteroatoms. The van der Waals surface area contributed by atoms with Gasteiger partial charge in [0.15, 0.2) is 6.10 Å². The molecule has 0 radical (unpaired) electrons. The molecule has 0 aliphatic carbocycles. The maximum absolute atomic E-state index is 10.9. The van der Waals surface area contributed by atoms with Crippen LogP contribution in [0.25, 0.3) is 0 Å². The van der Waals surface area contributed by atoms with Crippen molar-refractivity contribution in [3.63, 3.8) is 0 Å². The Bertz CT molecular complexity index is 240. The molecule has 0 aromatic heterocycles. The van der Waals surface area contributed by atoms with E-state index in [1.165, 1.54) is 13.0 Å². The van der Waals surface area contributed by atoms with Crippen LogP contribution >= 0.6 is 0 Å². The Morgan fingerprint density at radius 2 is 1.72 bits per heavy atom. The van der Waals surface area contributed by atoms with Gasteiger partial charge >= 0.3 is 5.97 Å². The second kappa shape index (κ2) is 8.45. The Morgan fingerprint density at radius 3 is 2.17 bits per heavy atom. The Labute approximate surface area is 110 Å².